The van der Waals surface area contributed by atoms with Crippen LogP contribution in [0.2, 0.25) is 0 Å². The third-order valence-electron chi connectivity index (χ3n) is 3.20. The van der Waals surface area contributed by atoms with Crippen LogP contribution in [-0.2, 0) is 4.74 Å². The lowest BCUT2D eigenvalue weighted by Gasteiger charge is -2.33. The lowest BCUT2D eigenvalue weighted by Crippen LogP contribution is -2.45. The number of hydrogen-bond donors (Lipinski definition) is 2. The van der Waals surface area contributed by atoms with Crippen LogP contribution >= 0.6 is 15.9 Å². The lowest BCUT2D eigenvalue weighted by molar-refractivity contribution is -0.0628. The molecule has 1 aromatic rings. The highest BCUT2D eigenvalue weighted by Gasteiger charge is 2.30. The number of rotatable bonds is 4. The zero-order valence-electron chi connectivity index (χ0n) is 9.91. The third-order valence-corrected chi connectivity index (χ3v) is 3.85. The second kappa shape index (κ2) is 5.52. The van der Waals surface area contributed by atoms with E-state index in [-0.39, 0.29) is 6.04 Å². The molecule has 4 nitrogen and oxygen atoms in total. The molecule has 0 amide bonds. The normalized spacial score (nSPS) is 21.4. The van der Waals surface area contributed by atoms with Crippen LogP contribution in [0.15, 0.2) is 21.2 Å². The molecule has 1 aromatic heterocycles. The van der Waals surface area contributed by atoms with Gasteiger partial charge in [-0.25, -0.2) is 0 Å². The van der Waals surface area contributed by atoms with Gasteiger partial charge >= 0.3 is 0 Å². The Labute approximate surface area is 109 Å². The number of aliphatic hydroxyl groups is 1. The molecule has 5 heteroatoms. The molecule has 96 valence electrons. The third kappa shape index (κ3) is 3.31. The molecule has 0 bridgehead atoms. The topological polar surface area (TPSA) is 54.6 Å². The minimum atomic E-state index is -0.647. The Kier molecular flexibility index (Phi) is 4.25. The Balaban J connectivity index is 1.87. The van der Waals surface area contributed by atoms with Gasteiger partial charge in [0.2, 0.25) is 0 Å². The van der Waals surface area contributed by atoms with Gasteiger partial charge in [0.1, 0.15) is 5.76 Å². The van der Waals surface area contributed by atoms with Crippen LogP contribution in [0, 0.1) is 0 Å². The first-order valence-electron chi connectivity index (χ1n) is 5.87. The molecule has 1 atom stereocenters. The summed E-state index contributed by atoms with van der Waals surface area (Å²) < 4.78 is 11.6. The number of furan rings is 1. The van der Waals surface area contributed by atoms with Gasteiger partial charge in [-0.05, 0) is 28.9 Å². The van der Waals surface area contributed by atoms with Crippen LogP contribution in [0.4, 0.5) is 0 Å². The van der Waals surface area contributed by atoms with E-state index < -0.39 is 5.60 Å². The van der Waals surface area contributed by atoms with E-state index in [1.165, 1.54) is 0 Å². The van der Waals surface area contributed by atoms with Crippen LogP contribution in [0.5, 0.6) is 0 Å². The summed E-state index contributed by atoms with van der Waals surface area (Å²) in [6.07, 6.45) is 3.03. The van der Waals surface area contributed by atoms with Crippen molar-refractivity contribution in [3.8, 4) is 0 Å². The van der Waals surface area contributed by atoms with Gasteiger partial charge in [-0.3, -0.25) is 0 Å². The molecule has 0 saturated carbocycles. The fourth-order valence-corrected chi connectivity index (χ4v) is 2.52. The van der Waals surface area contributed by atoms with Gasteiger partial charge < -0.3 is 19.6 Å². The second-order valence-corrected chi connectivity index (χ2v) is 5.43. The van der Waals surface area contributed by atoms with E-state index in [4.69, 9.17) is 9.15 Å². The van der Waals surface area contributed by atoms with E-state index in [2.05, 4.69) is 21.2 Å². The monoisotopic (exact) mass is 303 g/mol. The quantitative estimate of drug-likeness (QED) is 0.896. The molecule has 1 saturated heterocycles. The summed E-state index contributed by atoms with van der Waals surface area (Å²) in [7, 11) is 0. The summed E-state index contributed by atoms with van der Waals surface area (Å²) >= 11 is 3.43. The summed E-state index contributed by atoms with van der Waals surface area (Å²) in [5.74, 6) is 0.862. The Morgan fingerprint density at radius 3 is 2.82 bits per heavy atom. The molecule has 1 fully saturated rings. The minimum absolute atomic E-state index is 0.0752. The minimum Gasteiger partial charge on any atom is -0.466 e. The molecule has 2 rings (SSSR count). The van der Waals surface area contributed by atoms with Gasteiger partial charge in [-0.2, -0.15) is 0 Å². The van der Waals surface area contributed by atoms with Crippen LogP contribution < -0.4 is 5.32 Å². The summed E-state index contributed by atoms with van der Waals surface area (Å²) in [6.45, 7) is 3.85. The lowest BCUT2D eigenvalue weighted by atomic mass is 9.94. The van der Waals surface area contributed by atoms with E-state index in [1.54, 1.807) is 6.26 Å². The summed E-state index contributed by atoms with van der Waals surface area (Å²) in [5, 5.41) is 13.6. The van der Waals surface area contributed by atoms with E-state index in [0.717, 1.165) is 10.2 Å². The number of halogens is 1. The Bertz CT molecular complexity index is 360. The zero-order chi connectivity index (χ0) is 12.3. The fraction of sp³-hybridized carbons (Fsp3) is 0.667. The summed E-state index contributed by atoms with van der Waals surface area (Å²) in [4.78, 5) is 0. The second-order valence-electron chi connectivity index (χ2n) is 4.57. The molecule has 2 N–H and O–H groups in total. The average Bonchev–Trinajstić information content (AvgIpc) is 2.74. The summed E-state index contributed by atoms with van der Waals surface area (Å²) in [6, 6.07) is 1.95. The van der Waals surface area contributed by atoms with Crippen molar-refractivity contribution >= 4 is 15.9 Å². The van der Waals surface area contributed by atoms with Crippen LogP contribution in [0.25, 0.3) is 0 Å². The first kappa shape index (κ1) is 13.1. The fourth-order valence-electron chi connectivity index (χ4n) is 1.98. The van der Waals surface area contributed by atoms with E-state index in [0.29, 0.717) is 32.6 Å². The molecule has 1 unspecified atom stereocenters. The zero-order valence-corrected chi connectivity index (χ0v) is 11.5. The predicted octanol–water partition coefficient (Wildman–Crippen LogP) is 2.23. The molecule has 0 aromatic carbocycles. The predicted molar refractivity (Wildman–Crippen MR) is 67.8 cm³/mol. The number of hydrogen-bond acceptors (Lipinski definition) is 4. The average molecular weight is 304 g/mol. The molecule has 1 aliphatic heterocycles. The molecule has 0 spiro atoms. The first-order valence-corrected chi connectivity index (χ1v) is 6.66. The van der Waals surface area contributed by atoms with Crippen molar-refractivity contribution in [3.05, 3.63) is 22.6 Å². The Morgan fingerprint density at radius 2 is 2.24 bits per heavy atom. The van der Waals surface area contributed by atoms with E-state index in [9.17, 15) is 5.11 Å². The van der Waals surface area contributed by atoms with E-state index >= 15 is 0 Å². The van der Waals surface area contributed by atoms with Crippen LogP contribution in [0.1, 0.15) is 31.6 Å². The SMILES string of the molecule is CC(NCC1(O)CCOCC1)c1occc1Br. The molecule has 2 heterocycles. The molecular weight excluding hydrogens is 286 g/mol. The molecule has 1 aliphatic rings. The maximum absolute atomic E-state index is 10.3. The molecule has 0 aliphatic carbocycles. The highest BCUT2D eigenvalue weighted by atomic mass is 79.9. The Morgan fingerprint density at radius 1 is 1.53 bits per heavy atom. The molecule has 17 heavy (non-hydrogen) atoms. The van der Waals surface area contributed by atoms with Crippen molar-refractivity contribution in [2.75, 3.05) is 19.8 Å². The Hall–Kier alpha value is -0.360. The highest BCUT2D eigenvalue weighted by molar-refractivity contribution is 9.10. The van der Waals surface area contributed by atoms with Crippen molar-refractivity contribution in [1.82, 2.24) is 5.32 Å². The summed E-state index contributed by atoms with van der Waals surface area (Å²) in [5.41, 5.74) is -0.647. The van der Waals surface area contributed by atoms with Crippen molar-refractivity contribution in [1.29, 1.82) is 0 Å². The largest absolute Gasteiger partial charge is 0.466 e. The van der Waals surface area contributed by atoms with Gasteiger partial charge in [0.05, 0.1) is 22.4 Å². The number of ether oxygens (including phenoxy) is 1. The van der Waals surface area contributed by atoms with Gasteiger partial charge in [0.25, 0.3) is 0 Å². The maximum Gasteiger partial charge on any atom is 0.134 e. The van der Waals surface area contributed by atoms with Gasteiger partial charge in [0.15, 0.2) is 0 Å². The standard InChI is InChI=1S/C12H18BrNO3/c1-9(11-10(13)2-5-17-11)14-8-12(15)3-6-16-7-4-12/h2,5,9,14-15H,3-4,6-8H2,1H3. The van der Waals surface area contributed by atoms with Gasteiger partial charge in [0, 0.05) is 32.6 Å². The smallest absolute Gasteiger partial charge is 0.134 e. The van der Waals surface area contributed by atoms with Crippen molar-refractivity contribution in [2.45, 2.75) is 31.4 Å². The van der Waals surface area contributed by atoms with Gasteiger partial charge in [-0.1, -0.05) is 0 Å². The van der Waals surface area contributed by atoms with Crippen molar-refractivity contribution < 1.29 is 14.3 Å². The molecule has 0 radical (unpaired) electrons. The van der Waals surface area contributed by atoms with Crippen molar-refractivity contribution in [2.24, 2.45) is 0 Å². The van der Waals surface area contributed by atoms with Crippen molar-refractivity contribution in [3.63, 3.8) is 0 Å². The van der Waals surface area contributed by atoms with Crippen LogP contribution in [-0.4, -0.2) is 30.5 Å². The first-order chi connectivity index (χ1) is 8.11. The van der Waals surface area contributed by atoms with Crippen LogP contribution in [0.3, 0.4) is 0 Å². The van der Waals surface area contributed by atoms with E-state index in [1.807, 2.05) is 13.0 Å². The van der Waals surface area contributed by atoms with Gasteiger partial charge in [-0.15, -0.1) is 0 Å². The molecular formula is C12H18BrNO3. The highest BCUT2D eigenvalue weighted by Crippen LogP contribution is 2.25. The maximum atomic E-state index is 10.3. The number of nitrogens with one attached hydrogen (secondary N) is 1.